The summed E-state index contributed by atoms with van der Waals surface area (Å²) in [6, 6.07) is 6.49. The first-order valence-electron chi connectivity index (χ1n) is 6.86. The summed E-state index contributed by atoms with van der Waals surface area (Å²) in [6.45, 7) is 0.819. The number of rotatable bonds is 7. The SMILES string of the molecule is COCCCN1C(=O)CC(Sc2ccccc2C(=O)O)C1=O. The maximum absolute atomic E-state index is 12.3. The monoisotopic (exact) mass is 323 g/mol. The van der Waals surface area contributed by atoms with Gasteiger partial charge in [0.2, 0.25) is 11.8 Å². The molecule has 2 amide bonds. The lowest BCUT2D eigenvalue weighted by molar-refractivity contribution is -0.138. The van der Waals surface area contributed by atoms with E-state index in [9.17, 15) is 14.4 Å². The van der Waals surface area contributed by atoms with Gasteiger partial charge in [-0.05, 0) is 18.6 Å². The molecule has 1 aliphatic rings. The highest BCUT2D eigenvalue weighted by molar-refractivity contribution is 8.00. The number of aromatic carboxylic acids is 1. The molecule has 6 nitrogen and oxygen atoms in total. The normalized spacial score (nSPS) is 18.0. The third-order valence-corrected chi connectivity index (χ3v) is 4.58. The van der Waals surface area contributed by atoms with E-state index >= 15 is 0 Å². The summed E-state index contributed by atoms with van der Waals surface area (Å²) >= 11 is 1.14. The van der Waals surface area contributed by atoms with Crippen molar-refractivity contribution >= 4 is 29.5 Å². The molecule has 7 heteroatoms. The molecule has 1 atom stereocenters. The van der Waals surface area contributed by atoms with E-state index in [-0.39, 0.29) is 23.8 Å². The molecule has 1 saturated heterocycles. The van der Waals surface area contributed by atoms with Crippen LogP contribution in [0.15, 0.2) is 29.2 Å². The van der Waals surface area contributed by atoms with Crippen molar-refractivity contribution in [2.75, 3.05) is 20.3 Å². The molecule has 0 aromatic heterocycles. The molecule has 0 spiro atoms. The summed E-state index contributed by atoms with van der Waals surface area (Å²) in [4.78, 5) is 37.2. The van der Waals surface area contributed by atoms with Gasteiger partial charge in [-0.15, -0.1) is 11.8 Å². The Kier molecular flexibility index (Phi) is 5.57. The molecule has 0 saturated carbocycles. The van der Waals surface area contributed by atoms with Crippen molar-refractivity contribution in [2.45, 2.75) is 23.0 Å². The molecule has 1 N–H and O–H groups in total. The van der Waals surface area contributed by atoms with Crippen molar-refractivity contribution in [2.24, 2.45) is 0 Å². The summed E-state index contributed by atoms with van der Waals surface area (Å²) in [5.41, 5.74) is 0.144. The molecule has 1 aromatic carbocycles. The van der Waals surface area contributed by atoms with Gasteiger partial charge < -0.3 is 9.84 Å². The van der Waals surface area contributed by atoms with Crippen molar-refractivity contribution in [3.05, 3.63) is 29.8 Å². The van der Waals surface area contributed by atoms with Gasteiger partial charge in [-0.2, -0.15) is 0 Å². The molecular formula is C15H17NO5S. The fourth-order valence-corrected chi connectivity index (χ4v) is 3.45. The van der Waals surface area contributed by atoms with Gasteiger partial charge in [-0.3, -0.25) is 14.5 Å². The number of likely N-dealkylation sites (tertiary alicyclic amines) is 1. The molecule has 0 bridgehead atoms. The lowest BCUT2D eigenvalue weighted by atomic mass is 10.2. The van der Waals surface area contributed by atoms with Crippen LogP contribution < -0.4 is 0 Å². The largest absolute Gasteiger partial charge is 0.478 e. The molecule has 0 radical (unpaired) electrons. The summed E-state index contributed by atoms with van der Waals surface area (Å²) in [5.74, 6) is -1.52. The number of nitrogens with zero attached hydrogens (tertiary/aromatic N) is 1. The Bertz CT molecular complexity index is 589. The Labute approximate surface area is 132 Å². The fourth-order valence-electron chi connectivity index (χ4n) is 2.25. The van der Waals surface area contributed by atoms with E-state index in [0.29, 0.717) is 24.5 Å². The third kappa shape index (κ3) is 3.66. The molecule has 1 aromatic rings. The van der Waals surface area contributed by atoms with Gasteiger partial charge in [0.1, 0.15) is 0 Å². The zero-order valence-corrected chi connectivity index (χ0v) is 13.0. The number of carboxylic acids is 1. The third-order valence-electron chi connectivity index (χ3n) is 3.32. The number of hydrogen-bond donors (Lipinski definition) is 1. The second-order valence-electron chi connectivity index (χ2n) is 4.84. The van der Waals surface area contributed by atoms with Gasteiger partial charge in [0.15, 0.2) is 0 Å². The highest BCUT2D eigenvalue weighted by Gasteiger charge is 2.39. The minimum atomic E-state index is -1.04. The molecule has 1 unspecified atom stereocenters. The Morgan fingerprint density at radius 3 is 2.82 bits per heavy atom. The molecule has 2 rings (SSSR count). The highest BCUT2D eigenvalue weighted by atomic mass is 32.2. The number of ether oxygens (including phenoxy) is 1. The van der Waals surface area contributed by atoms with Gasteiger partial charge in [-0.25, -0.2) is 4.79 Å². The van der Waals surface area contributed by atoms with Crippen LogP contribution in [0.1, 0.15) is 23.2 Å². The fraction of sp³-hybridized carbons (Fsp3) is 0.400. The van der Waals surface area contributed by atoms with E-state index in [4.69, 9.17) is 9.84 Å². The van der Waals surface area contributed by atoms with Crippen molar-refractivity contribution in [1.82, 2.24) is 4.90 Å². The summed E-state index contributed by atoms with van der Waals surface area (Å²) < 4.78 is 4.92. The number of methoxy groups -OCH3 is 1. The average molecular weight is 323 g/mol. The summed E-state index contributed by atoms with van der Waals surface area (Å²) in [6.07, 6.45) is 0.696. The van der Waals surface area contributed by atoms with Crippen LogP contribution in [0.3, 0.4) is 0 Å². The molecule has 118 valence electrons. The Morgan fingerprint density at radius 2 is 2.14 bits per heavy atom. The topological polar surface area (TPSA) is 83.9 Å². The van der Waals surface area contributed by atoms with Crippen molar-refractivity contribution in [3.8, 4) is 0 Å². The van der Waals surface area contributed by atoms with Crippen LogP contribution in [0.25, 0.3) is 0 Å². The van der Waals surface area contributed by atoms with E-state index in [1.54, 1.807) is 25.3 Å². The van der Waals surface area contributed by atoms with E-state index in [1.165, 1.54) is 11.0 Å². The van der Waals surface area contributed by atoms with Crippen LogP contribution in [0.2, 0.25) is 0 Å². The Morgan fingerprint density at radius 1 is 1.41 bits per heavy atom. The molecular weight excluding hydrogens is 306 g/mol. The van der Waals surface area contributed by atoms with Crippen LogP contribution in [-0.4, -0.2) is 53.3 Å². The highest BCUT2D eigenvalue weighted by Crippen LogP contribution is 2.33. The maximum atomic E-state index is 12.3. The van der Waals surface area contributed by atoms with Gasteiger partial charge in [-0.1, -0.05) is 12.1 Å². The Hall–Kier alpha value is -1.86. The van der Waals surface area contributed by atoms with E-state index in [0.717, 1.165) is 11.8 Å². The van der Waals surface area contributed by atoms with Crippen LogP contribution in [-0.2, 0) is 14.3 Å². The lowest BCUT2D eigenvalue weighted by Crippen LogP contribution is -2.32. The number of amides is 2. The van der Waals surface area contributed by atoms with Crippen molar-refractivity contribution < 1.29 is 24.2 Å². The Balaban J connectivity index is 2.07. The average Bonchev–Trinajstić information content (AvgIpc) is 2.75. The first-order chi connectivity index (χ1) is 10.5. The predicted octanol–water partition coefficient (Wildman–Crippen LogP) is 1.64. The minimum Gasteiger partial charge on any atom is -0.478 e. The number of hydrogen-bond acceptors (Lipinski definition) is 5. The van der Waals surface area contributed by atoms with Crippen molar-refractivity contribution in [3.63, 3.8) is 0 Å². The number of carbonyl (C=O) groups excluding carboxylic acids is 2. The van der Waals surface area contributed by atoms with Crippen molar-refractivity contribution in [1.29, 1.82) is 0 Å². The van der Waals surface area contributed by atoms with Gasteiger partial charge in [0, 0.05) is 31.6 Å². The molecule has 22 heavy (non-hydrogen) atoms. The van der Waals surface area contributed by atoms with E-state index in [1.807, 2.05) is 0 Å². The summed E-state index contributed by atoms with van der Waals surface area (Å²) in [5, 5.41) is 8.60. The van der Waals surface area contributed by atoms with Gasteiger partial charge in [0.05, 0.1) is 10.8 Å². The predicted molar refractivity (Wildman–Crippen MR) is 80.9 cm³/mol. The second-order valence-corrected chi connectivity index (χ2v) is 6.09. The molecule has 1 fully saturated rings. The van der Waals surface area contributed by atoms with Crippen LogP contribution in [0.5, 0.6) is 0 Å². The standard InChI is InChI=1S/C15H17NO5S/c1-21-8-4-7-16-13(17)9-12(14(16)18)22-11-6-3-2-5-10(11)15(19)20/h2-3,5-6,12H,4,7-9H2,1H3,(H,19,20). The maximum Gasteiger partial charge on any atom is 0.336 e. The van der Waals surface area contributed by atoms with E-state index < -0.39 is 11.2 Å². The quantitative estimate of drug-likeness (QED) is 0.606. The zero-order chi connectivity index (χ0) is 16.1. The first kappa shape index (κ1) is 16.5. The lowest BCUT2D eigenvalue weighted by Gasteiger charge is -2.14. The first-order valence-corrected chi connectivity index (χ1v) is 7.74. The molecule has 0 aliphatic carbocycles. The van der Waals surface area contributed by atoms with Crippen LogP contribution in [0.4, 0.5) is 0 Å². The zero-order valence-electron chi connectivity index (χ0n) is 12.2. The second kappa shape index (κ2) is 7.42. The molecule has 1 aliphatic heterocycles. The minimum absolute atomic E-state index is 0.102. The summed E-state index contributed by atoms with van der Waals surface area (Å²) in [7, 11) is 1.56. The number of imide groups is 1. The number of carbonyl (C=O) groups is 3. The number of carboxylic acid groups (broad SMARTS) is 1. The van der Waals surface area contributed by atoms with Crippen LogP contribution >= 0.6 is 11.8 Å². The van der Waals surface area contributed by atoms with Crippen LogP contribution in [0, 0.1) is 0 Å². The number of benzene rings is 1. The van der Waals surface area contributed by atoms with E-state index in [2.05, 4.69) is 0 Å². The van der Waals surface area contributed by atoms with Gasteiger partial charge >= 0.3 is 5.97 Å². The van der Waals surface area contributed by atoms with Gasteiger partial charge in [0.25, 0.3) is 0 Å². The smallest absolute Gasteiger partial charge is 0.336 e. The number of thioether (sulfide) groups is 1. The molecule has 1 heterocycles.